The summed E-state index contributed by atoms with van der Waals surface area (Å²) < 4.78 is 5.25. The van der Waals surface area contributed by atoms with Crippen molar-refractivity contribution in [3.05, 3.63) is 42.3 Å². The number of carbonyl (C=O) groups excluding carboxylic acids is 2. The molecule has 30 heavy (non-hydrogen) atoms. The molecular formula is C21H26N4O5. The predicted molar refractivity (Wildman–Crippen MR) is 109 cm³/mol. The molecule has 1 aromatic carbocycles. The first-order valence-corrected chi connectivity index (χ1v) is 9.79. The molecule has 2 aromatic rings. The molecule has 3 unspecified atom stereocenters. The summed E-state index contributed by atoms with van der Waals surface area (Å²) in [5.41, 5.74) is 1.97. The lowest BCUT2D eigenvalue weighted by atomic mass is 10.1. The first-order chi connectivity index (χ1) is 14.3. The van der Waals surface area contributed by atoms with Gasteiger partial charge in [-0.15, -0.1) is 0 Å². The zero-order valence-electron chi connectivity index (χ0n) is 16.7. The molecule has 1 aliphatic heterocycles. The Balaban J connectivity index is 1.56. The second-order valence-electron chi connectivity index (χ2n) is 7.55. The first kappa shape index (κ1) is 21.7. The lowest BCUT2D eigenvalue weighted by Gasteiger charge is -2.24. The maximum Gasteiger partial charge on any atom is 0.243 e. The van der Waals surface area contributed by atoms with Crippen LogP contribution in [0.15, 0.2) is 41.1 Å². The summed E-state index contributed by atoms with van der Waals surface area (Å²) in [6.07, 6.45) is 1.37. The van der Waals surface area contributed by atoms with E-state index in [1.54, 1.807) is 13.1 Å². The first-order valence-electron chi connectivity index (χ1n) is 9.79. The number of hydrogen-bond donors (Lipinski definition) is 4. The van der Waals surface area contributed by atoms with Crippen molar-refractivity contribution < 1.29 is 24.2 Å². The highest BCUT2D eigenvalue weighted by Gasteiger charge is 2.39. The Kier molecular flexibility index (Phi) is 6.96. The van der Waals surface area contributed by atoms with Crippen LogP contribution in [0.4, 0.5) is 0 Å². The van der Waals surface area contributed by atoms with Gasteiger partial charge in [0.2, 0.25) is 17.7 Å². The van der Waals surface area contributed by atoms with Crippen LogP contribution in [-0.2, 0) is 16.1 Å². The largest absolute Gasteiger partial charge is 0.445 e. The minimum absolute atomic E-state index is 0.0536. The van der Waals surface area contributed by atoms with Crippen LogP contribution >= 0.6 is 0 Å². The number of hydrogen-bond acceptors (Lipinski definition) is 7. The van der Waals surface area contributed by atoms with E-state index in [2.05, 4.69) is 10.3 Å². The third-order valence-electron chi connectivity index (χ3n) is 4.95. The van der Waals surface area contributed by atoms with E-state index < -0.39 is 24.2 Å². The van der Waals surface area contributed by atoms with Crippen molar-refractivity contribution in [2.45, 2.75) is 51.0 Å². The van der Waals surface area contributed by atoms with E-state index in [0.717, 1.165) is 11.1 Å². The molecule has 1 aliphatic rings. The Labute approximate surface area is 174 Å². The van der Waals surface area contributed by atoms with E-state index in [0.29, 0.717) is 5.89 Å². The third-order valence-corrected chi connectivity index (χ3v) is 4.95. The summed E-state index contributed by atoms with van der Waals surface area (Å²) in [4.78, 5) is 30.6. The van der Waals surface area contributed by atoms with E-state index in [-0.39, 0.29) is 44.0 Å². The van der Waals surface area contributed by atoms with Gasteiger partial charge in [-0.3, -0.25) is 9.59 Å². The van der Waals surface area contributed by atoms with Crippen LogP contribution in [-0.4, -0.2) is 62.4 Å². The molecule has 160 valence electrons. The van der Waals surface area contributed by atoms with E-state index in [4.69, 9.17) is 9.83 Å². The summed E-state index contributed by atoms with van der Waals surface area (Å²) in [6, 6.07) is 6.60. The Morgan fingerprint density at radius 1 is 1.33 bits per heavy atom. The zero-order chi connectivity index (χ0) is 21.7. The van der Waals surface area contributed by atoms with Gasteiger partial charge in [0.25, 0.3) is 0 Å². The van der Waals surface area contributed by atoms with Crippen molar-refractivity contribution >= 4 is 17.5 Å². The number of likely N-dealkylation sites (tertiary alicyclic amines) is 1. The number of oxazole rings is 1. The smallest absolute Gasteiger partial charge is 0.243 e. The molecule has 2 amide bonds. The van der Waals surface area contributed by atoms with Crippen molar-refractivity contribution in [3.63, 3.8) is 0 Å². The van der Waals surface area contributed by atoms with Crippen LogP contribution in [0.2, 0.25) is 0 Å². The molecule has 1 saturated heterocycles. The molecule has 4 N–H and O–H groups in total. The highest BCUT2D eigenvalue weighted by molar-refractivity contribution is 5.89. The van der Waals surface area contributed by atoms with Crippen LogP contribution < -0.4 is 5.32 Å². The highest BCUT2D eigenvalue weighted by atomic mass is 16.3. The number of rotatable bonds is 8. The molecule has 3 atom stereocenters. The number of carbonyl (C=O) groups is 2. The summed E-state index contributed by atoms with van der Waals surface area (Å²) >= 11 is 0. The van der Waals surface area contributed by atoms with Crippen molar-refractivity contribution in [2.24, 2.45) is 0 Å². The minimum atomic E-state index is -0.973. The number of amides is 2. The molecular weight excluding hydrogens is 388 g/mol. The predicted octanol–water partition coefficient (Wildman–Crippen LogP) is 1.10. The van der Waals surface area contributed by atoms with Crippen molar-refractivity contribution in [3.8, 4) is 11.5 Å². The Morgan fingerprint density at radius 3 is 2.70 bits per heavy atom. The van der Waals surface area contributed by atoms with Gasteiger partial charge in [0.05, 0.1) is 24.8 Å². The Hall–Kier alpha value is -3.04. The van der Waals surface area contributed by atoms with Gasteiger partial charge in [0, 0.05) is 37.2 Å². The van der Waals surface area contributed by atoms with Crippen molar-refractivity contribution in [1.82, 2.24) is 15.2 Å². The highest BCUT2D eigenvalue weighted by Crippen LogP contribution is 2.21. The number of aliphatic hydroxyl groups excluding tert-OH is 2. The standard InChI is InChI=1S/C21H26N4O5/c1-13(22)8-16(26)10-19(28)25-12-17(27)9-18(25)20(29)24-11-14-2-4-15(5-3-14)21-23-6-7-30-21/h2-7,16-18,22,26-27H,8-12H2,1H3,(H,24,29). The lowest BCUT2D eigenvalue weighted by Crippen LogP contribution is -2.46. The number of aliphatic hydroxyl groups is 2. The maximum atomic E-state index is 12.7. The van der Waals surface area contributed by atoms with Crippen LogP contribution in [0.1, 0.15) is 31.7 Å². The van der Waals surface area contributed by atoms with Gasteiger partial charge in [-0.25, -0.2) is 4.98 Å². The van der Waals surface area contributed by atoms with Crippen molar-refractivity contribution in [1.29, 1.82) is 5.41 Å². The molecule has 0 bridgehead atoms. The normalized spacial score (nSPS) is 19.5. The zero-order valence-corrected chi connectivity index (χ0v) is 16.7. The van der Waals surface area contributed by atoms with E-state index in [9.17, 15) is 19.8 Å². The third kappa shape index (κ3) is 5.52. The van der Waals surface area contributed by atoms with Gasteiger partial charge in [0.1, 0.15) is 12.3 Å². The molecule has 2 heterocycles. The molecule has 9 nitrogen and oxygen atoms in total. The summed E-state index contributed by atoms with van der Waals surface area (Å²) in [5.74, 6) is -0.245. The average Bonchev–Trinajstić information content (AvgIpc) is 3.35. The SMILES string of the molecule is CC(=N)CC(O)CC(=O)N1CC(O)CC1C(=O)NCc1ccc(-c2ncco2)cc1. The van der Waals surface area contributed by atoms with Gasteiger partial charge < -0.3 is 30.3 Å². The molecule has 0 aliphatic carbocycles. The second kappa shape index (κ2) is 9.64. The fourth-order valence-electron chi connectivity index (χ4n) is 3.52. The fraction of sp³-hybridized carbons (Fsp3) is 0.429. The average molecular weight is 414 g/mol. The molecule has 3 rings (SSSR count). The number of β-amino-alcohol motifs (C(OH)–C–C–N with tert-alkyl or cyclic N) is 1. The topological polar surface area (TPSA) is 140 Å². The van der Waals surface area contributed by atoms with Crippen LogP contribution in [0.25, 0.3) is 11.5 Å². The maximum absolute atomic E-state index is 12.7. The molecule has 0 saturated carbocycles. The molecule has 0 spiro atoms. The van der Waals surface area contributed by atoms with Gasteiger partial charge in [0.15, 0.2) is 0 Å². The number of nitrogens with zero attached hydrogens (tertiary/aromatic N) is 2. The van der Waals surface area contributed by atoms with Crippen LogP contribution in [0.3, 0.4) is 0 Å². The molecule has 1 fully saturated rings. The van der Waals surface area contributed by atoms with Gasteiger partial charge >= 0.3 is 0 Å². The van der Waals surface area contributed by atoms with E-state index in [1.165, 1.54) is 11.2 Å². The number of aromatic nitrogens is 1. The Morgan fingerprint density at radius 2 is 2.07 bits per heavy atom. The van der Waals surface area contributed by atoms with E-state index in [1.807, 2.05) is 24.3 Å². The summed E-state index contributed by atoms with van der Waals surface area (Å²) in [6.45, 7) is 1.88. The lowest BCUT2D eigenvalue weighted by molar-refractivity contribution is -0.140. The monoisotopic (exact) mass is 414 g/mol. The molecule has 1 aromatic heterocycles. The van der Waals surface area contributed by atoms with Gasteiger partial charge in [-0.2, -0.15) is 0 Å². The number of nitrogens with one attached hydrogen (secondary N) is 2. The molecule has 9 heteroatoms. The second-order valence-corrected chi connectivity index (χ2v) is 7.55. The summed E-state index contributed by atoms with van der Waals surface area (Å²) in [5, 5.41) is 30.1. The Bertz CT molecular complexity index is 881. The van der Waals surface area contributed by atoms with Crippen molar-refractivity contribution in [2.75, 3.05) is 6.54 Å². The van der Waals surface area contributed by atoms with Gasteiger partial charge in [-0.05, 0) is 24.6 Å². The summed E-state index contributed by atoms with van der Waals surface area (Å²) in [7, 11) is 0. The van der Waals surface area contributed by atoms with Crippen LogP contribution in [0.5, 0.6) is 0 Å². The number of benzene rings is 1. The molecule has 0 radical (unpaired) electrons. The minimum Gasteiger partial charge on any atom is -0.445 e. The quantitative estimate of drug-likeness (QED) is 0.477. The fourth-order valence-corrected chi connectivity index (χ4v) is 3.52. The van der Waals surface area contributed by atoms with E-state index >= 15 is 0 Å². The van der Waals surface area contributed by atoms with Crippen LogP contribution in [0, 0.1) is 5.41 Å². The van der Waals surface area contributed by atoms with Gasteiger partial charge in [-0.1, -0.05) is 12.1 Å².